The molecule has 1 aromatic heterocycles. The molecule has 1 aromatic carbocycles. The number of carbonyl (C=O) groups excluding carboxylic acids is 1. The number of hydrogen-bond donors (Lipinski definition) is 2. The predicted molar refractivity (Wildman–Crippen MR) is 82.5 cm³/mol. The molecule has 0 radical (unpaired) electrons. The van der Waals surface area contributed by atoms with E-state index in [2.05, 4.69) is 47.3 Å². The second kappa shape index (κ2) is 6.57. The molecule has 1 atom stereocenters. The van der Waals surface area contributed by atoms with Gasteiger partial charge in [-0.15, -0.1) is 0 Å². The number of benzene rings is 1. The number of rotatable bonds is 6. The van der Waals surface area contributed by atoms with Gasteiger partial charge in [-0.2, -0.15) is 0 Å². The minimum absolute atomic E-state index is 0.0513. The normalized spacial score (nSPS) is 12.6. The quantitative estimate of drug-likeness (QED) is 0.790. The van der Waals surface area contributed by atoms with Crippen LogP contribution in [-0.2, 0) is 18.3 Å². The van der Waals surface area contributed by atoms with Crippen molar-refractivity contribution in [2.24, 2.45) is 12.8 Å². The van der Waals surface area contributed by atoms with E-state index < -0.39 is 0 Å². The lowest BCUT2D eigenvalue weighted by atomic mass is 10.2. The van der Waals surface area contributed by atoms with Crippen molar-refractivity contribution in [2.45, 2.75) is 32.2 Å². The van der Waals surface area contributed by atoms with E-state index in [9.17, 15) is 4.79 Å². The number of nitrogens with zero attached hydrogens (tertiary/aromatic N) is 1. The predicted octanol–water partition coefficient (Wildman–Crippen LogP) is 1.96. The second-order valence-electron chi connectivity index (χ2n) is 5.16. The van der Waals surface area contributed by atoms with Crippen molar-refractivity contribution >= 4 is 16.8 Å². The lowest BCUT2D eigenvalue weighted by molar-refractivity contribution is -0.122. The number of nitrogens with one attached hydrogen (secondary N) is 1. The summed E-state index contributed by atoms with van der Waals surface area (Å²) in [5.41, 5.74) is 8.21. The fraction of sp³-hybridized carbons (Fsp3) is 0.438. The Kier molecular flexibility index (Phi) is 4.79. The SMILES string of the molecule is CCC(N)C(=O)NCCCc1cc2ccccc2n1C. The van der Waals surface area contributed by atoms with Crippen LogP contribution in [0.1, 0.15) is 25.5 Å². The number of fused-ring (bicyclic) bond motifs is 1. The summed E-state index contributed by atoms with van der Waals surface area (Å²) in [6, 6.07) is 10.2. The molecule has 2 aromatic rings. The van der Waals surface area contributed by atoms with Crippen molar-refractivity contribution in [2.75, 3.05) is 6.54 Å². The topological polar surface area (TPSA) is 60.1 Å². The molecular weight excluding hydrogens is 250 g/mol. The van der Waals surface area contributed by atoms with Crippen LogP contribution in [0.15, 0.2) is 30.3 Å². The molecule has 0 aliphatic rings. The van der Waals surface area contributed by atoms with Gasteiger partial charge >= 0.3 is 0 Å². The first-order valence-corrected chi connectivity index (χ1v) is 7.20. The number of carbonyl (C=O) groups is 1. The maximum atomic E-state index is 11.6. The van der Waals surface area contributed by atoms with Gasteiger partial charge in [-0.25, -0.2) is 0 Å². The molecule has 1 heterocycles. The third kappa shape index (κ3) is 3.20. The van der Waals surface area contributed by atoms with Gasteiger partial charge in [0.1, 0.15) is 0 Å². The molecule has 0 spiro atoms. The van der Waals surface area contributed by atoms with Crippen molar-refractivity contribution in [1.82, 2.24) is 9.88 Å². The zero-order chi connectivity index (χ0) is 14.5. The van der Waals surface area contributed by atoms with Crippen LogP contribution in [0, 0.1) is 0 Å². The molecule has 2 rings (SSSR count). The molecule has 4 nitrogen and oxygen atoms in total. The molecule has 4 heteroatoms. The highest BCUT2D eigenvalue weighted by molar-refractivity contribution is 5.81. The first-order chi connectivity index (χ1) is 9.63. The summed E-state index contributed by atoms with van der Waals surface area (Å²) in [6.45, 7) is 2.59. The molecule has 0 aliphatic heterocycles. The van der Waals surface area contributed by atoms with Gasteiger partial charge in [-0.05, 0) is 36.8 Å². The number of hydrogen-bond acceptors (Lipinski definition) is 2. The smallest absolute Gasteiger partial charge is 0.236 e. The Morgan fingerprint density at radius 3 is 2.85 bits per heavy atom. The lowest BCUT2D eigenvalue weighted by Crippen LogP contribution is -2.40. The van der Waals surface area contributed by atoms with Crippen LogP contribution in [0.4, 0.5) is 0 Å². The molecule has 0 aliphatic carbocycles. The summed E-state index contributed by atoms with van der Waals surface area (Å²) in [5.74, 6) is -0.0513. The number of aryl methyl sites for hydroxylation is 2. The highest BCUT2D eigenvalue weighted by atomic mass is 16.2. The van der Waals surface area contributed by atoms with Gasteiger partial charge in [0.05, 0.1) is 6.04 Å². The van der Waals surface area contributed by atoms with Gasteiger partial charge < -0.3 is 15.6 Å². The molecule has 3 N–H and O–H groups in total. The monoisotopic (exact) mass is 273 g/mol. The lowest BCUT2D eigenvalue weighted by Gasteiger charge is -2.10. The van der Waals surface area contributed by atoms with Gasteiger partial charge in [0.25, 0.3) is 0 Å². The van der Waals surface area contributed by atoms with Crippen molar-refractivity contribution in [3.63, 3.8) is 0 Å². The van der Waals surface area contributed by atoms with E-state index in [0.717, 1.165) is 12.8 Å². The van der Waals surface area contributed by atoms with Gasteiger partial charge in [-0.1, -0.05) is 25.1 Å². The van der Waals surface area contributed by atoms with E-state index in [0.29, 0.717) is 13.0 Å². The molecule has 108 valence electrons. The Labute approximate surface area is 120 Å². The standard InChI is InChI=1S/C16H23N3O/c1-3-14(17)16(20)18-10-6-8-13-11-12-7-4-5-9-15(12)19(13)2/h4-5,7,9,11,14H,3,6,8,10,17H2,1-2H3,(H,18,20). The average molecular weight is 273 g/mol. The third-order valence-electron chi connectivity index (χ3n) is 3.74. The molecule has 0 fully saturated rings. The van der Waals surface area contributed by atoms with E-state index in [-0.39, 0.29) is 11.9 Å². The molecule has 0 saturated carbocycles. The molecule has 0 saturated heterocycles. The highest BCUT2D eigenvalue weighted by Crippen LogP contribution is 2.19. The summed E-state index contributed by atoms with van der Waals surface area (Å²) in [4.78, 5) is 11.6. The third-order valence-corrected chi connectivity index (χ3v) is 3.74. The van der Waals surface area contributed by atoms with E-state index in [1.54, 1.807) is 0 Å². The summed E-state index contributed by atoms with van der Waals surface area (Å²) in [7, 11) is 2.09. The van der Waals surface area contributed by atoms with Gasteiger partial charge in [0.2, 0.25) is 5.91 Å². The van der Waals surface area contributed by atoms with Crippen LogP contribution in [-0.4, -0.2) is 23.1 Å². The number of aromatic nitrogens is 1. The van der Waals surface area contributed by atoms with Crippen LogP contribution in [0.3, 0.4) is 0 Å². The minimum atomic E-state index is -0.382. The first kappa shape index (κ1) is 14.6. The summed E-state index contributed by atoms with van der Waals surface area (Å²) >= 11 is 0. The molecular formula is C16H23N3O. The summed E-state index contributed by atoms with van der Waals surface area (Å²) in [5, 5.41) is 4.15. The van der Waals surface area contributed by atoms with Crippen LogP contribution >= 0.6 is 0 Å². The Balaban J connectivity index is 1.87. The second-order valence-corrected chi connectivity index (χ2v) is 5.16. The molecule has 0 bridgehead atoms. The maximum Gasteiger partial charge on any atom is 0.236 e. The summed E-state index contributed by atoms with van der Waals surface area (Å²) in [6.07, 6.45) is 2.55. The average Bonchev–Trinajstić information content (AvgIpc) is 2.79. The maximum absolute atomic E-state index is 11.6. The van der Waals surface area contributed by atoms with Gasteiger partial charge in [0.15, 0.2) is 0 Å². The minimum Gasteiger partial charge on any atom is -0.355 e. The van der Waals surface area contributed by atoms with E-state index in [1.165, 1.54) is 16.6 Å². The summed E-state index contributed by atoms with van der Waals surface area (Å²) < 4.78 is 2.22. The Morgan fingerprint density at radius 1 is 1.40 bits per heavy atom. The van der Waals surface area contributed by atoms with E-state index in [4.69, 9.17) is 5.73 Å². The highest BCUT2D eigenvalue weighted by Gasteiger charge is 2.10. The number of nitrogens with two attached hydrogens (primary N) is 1. The van der Waals surface area contributed by atoms with Crippen molar-refractivity contribution < 1.29 is 4.79 Å². The van der Waals surface area contributed by atoms with Crippen molar-refractivity contribution in [3.05, 3.63) is 36.0 Å². The first-order valence-electron chi connectivity index (χ1n) is 7.20. The Bertz CT molecular complexity index is 588. The van der Waals surface area contributed by atoms with Crippen molar-refractivity contribution in [3.8, 4) is 0 Å². The van der Waals surface area contributed by atoms with Gasteiger partial charge in [0, 0.05) is 24.8 Å². The molecule has 1 unspecified atom stereocenters. The van der Waals surface area contributed by atoms with Crippen LogP contribution in [0.25, 0.3) is 10.9 Å². The Morgan fingerprint density at radius 2 is 2.15 bits per heavy atom. The van der Waals surface area contributed by atoms with Gasteiger partial charge in [-0.3, -0.25) is 4.79 Å². The molecule has 20 heavy (non-hydrogen) atoms. The Hall–Kier alpha value is -1.81. The van der Waals surface area contributed by atoms with Crippen LogP contribution in [0.2, 0.25) is 0 Å². The number of amides is 1. The van der Waals surface area contributed by atoms with Crippen LogP contribution in [0.5, 0.6) is 0 Å². The van der Waals surface area contributed by atoms with Crippen molar-refractivity contribution in [1.29, 1.82) is 0 Å². The number of para-hydroxylation sites is 1. The van der Waals surface area contributed by atoms with E-state index in [1.807, 2.05) is 6.92 Å². The zero-order valence-electron chi connectivity index (χ0n) is 12.2. The fourth-order valence-corrected chi connectivity index (χ4v) is 2.38. The molecule has 1 amide bonds. The fourth-order valence-electron chi connectivity index (χ4n) is 2.38. The van der Waals surface area contributed by atoms with Crippen LogP contribution < -0.4 is 11.1 Å². The largest absolute Gasteiger partial charge is 0.355 e. The van der Waals surface area contributed by atoms with E-state index >= 15 is 0 Å². The zero-order valence-corrected chi connectivity index (χ0v) is 12.2.